The van der Waals surface area contributed by atoms with Crippen molar-refractivity contribution in [2.24, 2.45) is 17.7 Å². The van der Waals surface area contributed by atoms with E-state index in [-0.39, 0.29) is 11.9 Å². The molecule has 1 saturated carbocycles. The zero-order valence-corrected chi connectivity index (χ0v) is 6.88. The summed E-state index contributed by atoms with van der Waals surface area (Å²) in [6.45, 7) is 2.00. The fourth-order valence-corrected chi connectivity index (χ4v) is 1.62. The maximum atomic E-state index is 11.0. The molecule has 0 aromatic heterocycles. The van der Waals surface area contributed by atoms with Crippen LogP contribution in [0, 0.1) is 11.8 Å². The molecule has 0 aliphatic heterocycles. The first kappa shape index (κ1) is 8.53. The Morgan fingerprint density at radius 1 is 1.73 bits per heavy atom. The van der Waals surface area contributed by atoms with E-state index in [4.69, 9.17) is 5.90 Å². The van der Waals surface area contributed by atoms with Crippen molar-refractivity contribution in [2.75, 3.05) is 0 Å². The van der Waals surface area contributed by atoms with Gasteiger partial charge in [0.2, 0.25) is 0 Å². The lowest BCUT2D eigenvalue weighted by Gasteiger charge is -2.30. The van der Waals surface area contributed by atoms with E-state index in [9.17, 15) is 4.79 Å². The first-order valence-electron chi connectivity index (χ1n) is 4.20. The first-order chi connectivity index (χ1) is 5.29. The van der Waals surface area contributed by atoms with Crippen LogP contribution >= 0.6 is 0 Å². The van der Waals surface area contributed by atoms with Crippen LogP contribution in [-0.4, -0.2) is 5.97 Å². The van der Waals surface area contributed by atoms with Crippen molar-refractivity contribution in [2.45, 2.75) is 32.6 Å². The quantitative estimate of drug-likeness (QED) is 0.627. The zero-order chi connectivity index (χ0) is 8.27. The summed E-state index contributed by atoms with van der Waals surface area (Å²) in [4.78, 5) is 15.3. The van der Waals surface area contributed by atoms with Crippen LogP contribution in [0.15, 0.2) is 0 Å². The fourth-order valence-electron chi connectivity index (χ4n) is 1.62. The Morgan fingerprint density at radius 2 is 2.36 bits per heavy atom. The fraction of sp³-hybridized carbons (Fsp3) is 0.875. The van der Waals surface area contributed by atoms with Crippen molar-refractivity contribution in [3.63, 3.8) is 0 Å². The molecule has 11 heavy (non-hydrogen) atoms. The van der Waals surface area contributed by atoms with Crippen LogP contribution in [0.25, 0.3) is 0 Å². The van der Waals surface area contributed by atoms with Crippen molar-refractivity contribution in [3.8, 4) is 0 Å². The summed E-state index contributed by atoms with van der Waals surface area (Å²) in [6.07, 6.45) is 4.42. The molecular weight excluding hydrogens is 142 g/mol. The largest absolute Gasteiger partial charge is 0.373 e. The minimum Gasteiger partial charge on any atom is -0.373 e. The molecule has 2 N–H and O–H groups in total. The number of carbonyl (C=O) groups excluding carboxylic acids is 1. The van der Waals surface area contributed by atoms with Gasteiger partial charge in [0, 0.05) is 0 Å². The molecule has 1 aliphatic carbocycles. The lowest BCUT2D eigenvalue weighted by molar-refractivity contribution is -0.152. The molecule has 1 atom stereocenters. The Kier molecular flexibility index (Phi) is 2.88. The van der Waals surface area contributed by atoms with Gasteiger partial charge in [0.15, 0.2) is 0 Å². The molecule has 3 nitrogen and oxygen atoms in total. The molecule has 0 spiro atoms. The Bertz CT molecular complexity index is 143. The highest BCUT2D eigenvalue weighted by Gasteiger charge is 2.31. The van der Waals surface area contributed by atoms with E-state index < -0.39 is 0 Å². The molecule has 0 aromatic carbocycles. The standard InChI is InChI=1S/C8H15NO2/c1-2-7(8(10)11-9)6-4-3-5-6/h6-7H,2-5,9H2,1H3. The molecule has 1 rings (SSSR count). The highest BCUT2D eigenvalue weighted by Crippen LogP contribution is 2.35. The normalized spacial score (nSPS) is 20.5. The molecule has 1 fully saturated rings. The van der Waals surface area contributed by atoms with E-state index in [1.807, 2.05) is 6.92 Å². The van der Waals surface area contributed by atoms with Crippen molar-refractivity contribution in [3.05, 3.63) is 0 Å². The molecular formula is C8H15NO2. The minimum absolute atomic E-state index is 0.0498. The second-order valence-corrected chi connectivity index (χ2v) is 3.14. The van der Waals surface area contributed by atoms with Gasteiger partial charge in [-0.25, -0.2) is 0 Å². The van der Waals surface area contributed by atoms with Crippen molar-refractivity contribution < 1.29 is 9.63 Å². The first-order valence-corrected chi connectivity index (χ1v) is 4.20. The van der Waals surface area contributed by atoms with Gasteiger partial charge >= 0.3 is 5.97 Å². The van der Waals surface area contributed by atoms with Gasteiger partial charge in [-0.05, 0) is 25.2 Å². The Labute approximate surface area is 66.9 Å². The highest BCUT2D eigenvalue weighted by molar-refractivity contribution is 5.72. The number of carbonyl (C=O) groups is 1. The minimum atomic E-state index is -0.239. The third-order valence-electron chi connectivity index (χ3n) is 2.58. The molecule has 1 unspecified atom stereocenters. The predicted octanol–water partition coefficient (Wildman–Crippen LogP) is 1.23. The second kappa shape index (κ2) is 3.72. The molecule has 64 valence electrons. The molecule has 0 saturated heterocycles. The molecule has 0 heterocycles. The van der Waals surface area contributed by atoms with Crippen molar-refractivity contribution in [1.82, 2.24) is 0 Å². The monoisotopic (exact) mass is 157 g/mol. The second-order valence-electron chi connectivity index (χ2n) is 3.14. The highest BCUT2D eigenvalue weighted by atomic mass is 16.7. The molecule has 0 aromatic rings. The van der Waals surface area contributed by atoms with E-state index in [0.29, 0.717) is 5.92 Å². The molecule has 0 bridgehead atoms. The van der Waals surface area contributed by atoms with Gasteiger partial charge in [-0.3, -0.25) is 4.79 Å². The number of hydrogen-bond acceptors (Lipinski definition) is 3. The third kappa shape index (κ3) is 1.71. The Morgan fingerprint density at radius 3 is 2.64 bits per heavy atom. The van der Waals surface area contributed by atoms with E-state index in [1.54, 1.807) is 0 Å². The molecule has 3 heteroatoms. The van der Waals surface area contributed by atoms with Crippen LogP contribution in [0.5, 0.6) is 0 Å². The Hall–Kier alpha value is -0.570. The summed E-state index contributed by atoms with van der Waals surface area (Å²) < 4.78 is 0. The van der Waals surface area contributed by atoms with E-state index >= 15 is 0 Å². The summed E-state index contributed by atoms with van der Waals surface area (Å²) in [5, 5.41) is 0. The van der Waals surface area contributed by atoms with Crippen molar-refractivity contribution in [1.29, 1.82) is 0 Å². The summed E-state index contributed by atoms with van der Waals surface area (Å²) >= 11 is 0. The van der Waals surface area contributed by atoms with Crippen LogP contribution in [0.1, 0.15) is 32.6 Å². The summed E-state index contributed by atoms with van der Waals surface area (Å²) in [5.41, 5.74) is 0. The average Bonchev–Trinajstić information content (AvgIpc) is 1.94. The van der Waals surface area contributed by atoms with Crippen molar-refractivity contribution >= 4 is 5.97 Å². The van der Waals surface area contributed by atoms with Crippen LogP contribution in [0.3, 0.4) is 0 Å². The van der Waals surface area contributed by atoms with Gasteiger partial charge in [-0.2, -0.15) is 5.90 Å². The zero-order valence-electron chi connectivity index (χ0n) is 6.88. The maximum Gasteiger partial charge on any atom is 0.327 e. The molecule has 0 amide bonds. The van der Waals surface area contributed by atoms with Crippen LogP contribution in [-0.2, 0) is 9.63 Å². The summed E-state index contributed by atoms with van der Waals surface area (Å²) in [7, 11) is 0. The maximum absolute atomic E-state index is 11.0. The smallest absolute Gasteiger partial charge is 0.327 e. The van der Waals surface area contributed by atoms with Gasteiger partial charge in [0.25, 0.3) is 0 Å². The topological polar surface area (TPSA) is 52.3 Å². The summed E-state index contributed by atoms with van der Waals surface area (Å²) in [5.74, 6) is 5.16. The lowest BCUT2D eigenvalue weighted by atomic mass is 9.75. The number of nitrogens with two attached hydrogens (primary N) is 1. The van der Waals surface area contributed by atoms with E-state index in [2.05, 4.69) is 4.84 Å². The third-order valence-corrected chi connectivity index (χ3v) is 2.58. The SMILES string of the molecule is CCC(C(=O)ON)C1CCC1. The van der Waals surface area contributed by atoms with Gasteiger partial charge < -0.3 is 4.84 Å². The van der Waals surface area contributed by atoms with Gasteiger partial charge in [-0.1, -0.05) is 13.3 Å². The van der Waals surface area contributed by atoms with Crippen LogP contribution < -0.4 is 5.90 Å². The predicted molar refractivity (Wildman–Crippen MR) is 41.4 cm³/mol. The molecule has 1 aliphatic rings. The van der Waals surface area contributed by atoms with Gasteiger partial charge in [-0.15, -0.1) is 0 Å². The number of rotatable bonds is 3. The van der Waals surface area contributed by atoms with Crippen LogP contribution in [0.4, 0.5) is 0 Å². The lowest BCUT2D eigenvalue weighted by Crippen LogP contribution is -2.31. The van der Waals surface area contributed by atoms with Crippen LogP contribution in [0.2, 0.25) is 0 Å². The average molecular weight is 157 g/mol. The van der Waals surface area contributed by atoms with Gasteiger partial charge in [0.1, 0.15) is 0 Å². The van der Waals surface area contributed by atoms with E-state index in [1.165, 1.54) is 6.42 Å². The summed E-state index contributed by atoms with van der Waals surface area (Å²) in [6, 6.07) is 0. The molecule has 0 radical (unpaired) electrons. The Balaban J connectivity index is 2.40. The number of hydrogen-bond donors (Lipinski definition) is 1. The van der Waals surface area contributed by atoms with Gasteiger partial charge in [0.05, 0.1) is 5.92 Å². The van der Waals surface area contributed by atoms with E-state index in [0.717, 1.165) is 19.3 Å².